The minimum absolute atomic E-state index is 0.386. The maximum absolute atomic E-state index is 13.2. The van der Waals surface area contributed by atoms with Gasteiger partial charge in [-0.15, -0.1) is 0 Å². The lowest BCUT2D eigenvalue weighted by Gasteiger charge is -2.14. The van der Waals surface area contributed by atoms with E-state index in [9.17, 15) is 9.50 Å². The van der Waals surface area contributed by atoms with Gasteiger partial charge in [-0.1, -0.05) is 17.7 Å². The maximum Gasteiger partial charge on any atom is 0.146 e. The van der Waals surface area contributed by atoms with Gasteiger partial charge in [0.2, 0.25) is 0 Å². The van der Waals surface area contributed by atoms with Gasteiger partial charge in [0.25, 0.3) is 0 Å². The van der Waals surface area contributed by atoms with E-state index in [1.54, 1.807) is 19.1 Å². The Hall–Kier alpha value is -1.58. The molecular formula is C15H14ClFO2. The summed E-state index contributed by atoms with van der Waals surface area (Å²) >= 11 is 6.08. The Kier molecular flexibility index (Phi) is 4.08. The lowest BCUT2D eigenvalue weighted by atomic mass is 10.1. The highest BCUT2D eigenvalue weighted by Gasteiger charge is 2.12. The summed E-state index contributed by atoms with van der Waals surface area (Å²) in [5, 5.41) is 10.1. The van der Waals surface area contributed by atoms with Gasteiger partial charge in [0.05, 0.1) is 11.1 Å². The van der Waals surface area contributed by atoms with Crippen LogP contribution >= 0.6 is 11.6 Å². The van der Waals surface area contributed by atoms with E-state index < -0.39 is 11.9 Å². The number of aliphatic hydroxyl groups is 1. The first-order chi connectivity index (χ1) is 8.97. The number of ether oxygens (including phenoxy) is 1. The summed E-state index contributed by atoms with van der Waals surface area (Å²) in [6, 6.07) is 9.40. The van der Waals surface area contributed by atoms with E-state index in [0.717, 1.165) is 5.56 Å². The SMILES string of the molecule is Cc1ccc(Oc2ccc(F)cc2C(C)O)c(Cl)c1. The van der Waals surface area contributed by atoms with Crippen molar-refractivity contribution in [3.05, 3.63) is 58.4 Å². The van der Waals surface area contributed by atoms with Crippen molar-refractivity contribution in [1.82, 2.24) is 0 Å². The minimum Gasteiger partial charge on any atom is -0.455 e. The van der Waals surface area contributed by atoms with Crippen LogP contribution in [-0.2, 0) is 0 Å². The average Bonchev–Trinajstić information content (AvgIpc) is 2.34. The zero-order chi connectivity index (χ0) is 14.0. The van der Waals surface area contributed by atoms with E-state index in [2.05, 4.69) is 0 Å². The van der Waals surface area contributed by atoms with Crippen LogP contribution in [-0.4, -0.2) is 5.11 Å². The Morgan fingerprint density at radius 3 is 2.47 bits per heavy atom. The third-order valence-electron chi connectivity index (χ3n) is 2.73. The molecular weight excluding hydrogens is 267 g/mol. The highest BCUT2D eigenvalue weighted by Crippen LogP contribution is 2.34. The summed E-state index contributed by atoms with van der Waals surface area (Å²) in [7, 11) is 0. The van der Waals surface area contributed by atoms with Crippen molar-refractivity contribution in [3.63, 3.8) is 0 Å². The smallest absolute Gasteiger partial charge is 0.146 e. The average molecular weight is 281 g/mol. The molecule has 0 aliphatic rings. The molecule has 0 aliphatic heterocycles. The number of halogens is 2. The summed E-state index contributed by atoms with van der Waals surface area (Å²) in [6.07, 6.45) is -0.824. The summed E-state index contributed by atoms with van der Waals surface area (Å²) in [6.45, 7) is 3.48. The van der Waals surface area contributed by atoms with Gasteiger partial charge >= 0.3 is 0 Å². The lowest BCUT2D eigenvalue weighted by molar-refractivity contribution is 0.195. The molecule has 0 fully saturated rings. The molecule has 2 rings (SSSR count). The van der Waals surface area contributed by atoms with Crippen molar-refractivity contribution in [2.24, 2.45) is 0 Å². The molecule has 0 saturated carbocycles. The molecule has 2 nitrogen and oxygen atoms in total. The first-order valence-corrected chi connectivity index (χ1v) is 6.26. The Morgan fingerprint density at radius 2 is 1.84 bits per heavy atom. The zero-order valence-corrected chi connectivity index (χ0v) is 11.4. The predicted molar refractivity (Wildman–Crippen MR) is 73.3 cm³/mol. The van der Waals surface area contributed by atoms with Gasteiger partial charge in [-0.25, -0.2) is 4.39 Å². The predicted octanol–water partition coefficient (Wildman–Crippen LogP) is 4.63. The number of hydrogen-bond donors (Lipinski definition) is 1. The van der Waals surface area contributed by atoms with E-state index >= 15 is 0 Å². The van der Waals surface area contributed by atoms with Crippen LogP contribution in [0.4, 0.5) is 4.39 Å². The molecule has 0 amide bonds. The fourth-order valence-electron chi connectivity index (χ4n) is 1.75. The Bertz CT molecular complexity index is 597. The van der Waals surface area contributed by atoms with Crippen LogP contribution in [0.15, 0.2) is 36.4 Å². The number of hydrogen-bond acceptors (Lipinski definition) is 2. The van der Waals surface area contributed by atoms with Crippen molar-refractivity contribution in [1.29, 1.82) is 0 Å². The monoisotopic (exact) mass is 280 g/mol. The second-order valence-corrected chi connectivity index (χ2v) is 4.80. The normalized spacial score (nSPS) is 12.3. The van der Waals surface area contributed by atoms with E-state index in [1.807, 2.05) is 13.0 Å². The van der Waals surface area contributed by atoms with Crippen molar-refractivity contribution < 1.29 is 14.2 Å². The van der Waals surface area contributed by atoms with Crippen LogP contribution in [0.5, 0.6) is 11.5 Å². The third kappa shape index (κ3) is 3.25. The van der Waals surface area contributed by atoms with E-state index in [0.29, 0.717) is 22.1 Å². The Balaban J connectivity index is 2.38. The molecule has 0 heterocycles. The van der Waals surface area contributed by atoms with Gasteiger partial charge in [-0.2, -0.15) is 0 Å². The molecule has 0 aromatic heterocycles. The van der Waals surface area contributed by atoms with Gasteiger partial charge in [-0.3, -0.25) is 0 Å². The van der Waals surface area contributed by atoms with Crippen molar-refractivity contribution in [2.45, 2.75) is 20.0 Å². The molecule has 0 spiro atoms. The van der Waals surface area contributed by atoms with Gasteiger partial charge in [0.1, 0.15) is 17.3 Å². The summed E-state index contributed by atoms with van der Waals surface area (Å²) in [5.41, 5.74) is 1.41. The molecule has 100 valence electrons. The second-order valence-electron chi connectivity index (χ2n) is 4.39. The molecule has 0 aliphatic carbocycles. The van der Waals surface area contributed by atoms with Crippen molar-refractivity contribution >= 4 is 11.6 Å². The molecule has 2 aromatic carbocycles. The number of rotatable bonds is 3. The first kappa shape index (κ1) is 13.8. The highest BCUT2D eigenvalue weighted by molar-refractivity contribution is 6.32. The van der Waals surface area contributed by atoms with Gasteiger partial charge in [-0.05, 0) is 49.7 Å². The van der Waals surface area contributed by atoms with Crippen LogP contribution in [0.1, 0.15) is 24.2 Å². The van der Waals surface area contributed by atoms with E-state index in [4.69, 9.17) is 16.3 Å². The second kappa shape index (κ2) is 5.59. The molecule has 0 saturated heterocycles. The quantitative estimate of drug-likeness (QED) is 0.888. The summed E-state index contributed by atoms with van der Waals surface area (Å²) < 4.78 is 18.8. The highest BCUT2D eigenvalue weighted by atomic mass is 35.5. The number of aryl methyl sites for hydroxylation is 1. The fourth-order valence-corrected chi connectivity index (χ4v) is 2.02. The van der Waals surface area contributed by atoms with Gasteiger partial charge in [0.15, 0.2) is 0 Å². The molecule has 1 atom stereocenters. The fraction of sp³-hybridized carbons (Fsp3) is 0.200. The van der Waals surface area contributed by atoms with Crippen molar-refractivity contribution in [2.75, 3.05) is 0 Å². The molecule has 1 N–H and O–H groups in total. The third-order valence-corrected chi connectivity index (χ3v) is 3.02. The molecule has 4 heteroatoms. The van der Waals surface area contributed by atoms with Crippen LogP contribution in [0.2, 0.25) is 5.02 Å². The number of aliphatic hydroxyl groups excluding tert-OH is 1. The maximum atomic E-state index is 13.2. The largest absolute Gasteiger partial charge is 0.455 e. The van der Waals surface area contributed by atoms with E-state index in [-0.39, 0.29) is 0 Å². The van der Waals surface area contributed by atoms with Gasteiger partial charge < -0.3 is 9.84 Å². The van der Waals surface area contributed by atoms with E-state index in [1.165, 1.54) is 18.2 Å². The minimum atomic E-state index is -0.824. The first-order valence-electron chi connectivity index (χ1n) is 5.89. The van der Waals surface area contributed by atoms with Crippen LogP contribution < -0.4 is 4.74 Å². The molecule has 1 unspecified atom stereocenters. The summed E-state index contributed by atoms with van der Waals surface area (Å²) in [5.74, 6) is 0.446. The lowest BCUT2D eigenvalue weighted by Crippen LogP contribution is -1.97. The topological polar surface area (TPSA) is 29.5 Å². The van der Waals surface area contributed by atoms with Crippen molar-refractivity contribution in [3.8, 4) is 11.5 Å². The number of benzene rings is 2. The molecule has 0 radical (unpaired) electrons. The molecule has 0 bridgehead atoms. The Labute approximate surface area is 116 Å². The van der Waals surface area contributed by atoms with Gasteiger partial charge in [0, 0.05) is 5.56 Å². The molecule has 2 aromatic rings. The van der Waals surface area contributed by atoms with Crippen LogP contribution in [0.3, 0.4) is 0 Å². The summed E-state index contributed by atoms with van der Waals surface area (Å²) in [4.78, 5) is 0. The zero-order valence-electron chi connectivity index (χ0n) is 10.7. The Morgan fingerprint density at radius 1 is 1.16 bits per heavy atom. The molecule has 19 heavy (non-hydrogen) atoms. The van der Waals surface area contributed by atoms with Crippen LogP contribution in [0, 0.1) is 12.7 Å². The standard InChI is InChI=1S/C15H14ClFO2/c1-9-3-5-15(13(16)7-9)19-14-6-4-11(17)8-12(14)10(2)18/h3-8,10,18H,1-2H3. The van der Waals surface area contributed by atoms with Crippen LogP contribution in [0.25, 0.3) is 0 Å².